The van der Waals surface area contributed by atoms with E-state index in [9.17, 15) is 4.79 Å². The Morgan fingerprint density at radius 1 is 1.78 bits per heavy atom. The van der Waals surface area contributed by atoms with Crippen molar-refractivity contribution in [2.45, 2.75) is 20.0 Å². The zero-order valence-electron chi connectivity index (χ0n) is 5.76. The van der Waals surface area contributed by atoms with Gasteiger partial charge in [-0.3, -0.25) is 0 Å². The Labute approximate surface area is 54.7 Å². The zero-order chi connectivity index (χ0) is 7.11. The number of isocyanates is 1. The molecule has 0 saturated carbocycles. The highest BCUT2D eigenvalue weighted by molar-refractivity contribution is 5.32. The molecule has 0 aromatic rings. The lowest BCUT2D eigenvalue weighted by Gasteiger charge is -2.05. The molecule has 3 heteroatoms. The van der Waals surface area contributed by atoms with Crippen LogP contribution >= 0.6 is 0 Å². The van der Waals surface area contributed by atoms with Crippen LogP contribution in [0.15, 0.2) is 4.99 Å². The van der Waals surface area contributed by atoms with Gasteiger partial charge in [-0.15, -0.1) is 0 Å². The van der Waals surface area contributed by atoms with E-state index >= 15 is 0 Å². The molecule has 0 rings (SSSR count). The number of ether oxygens (including phenoxy) is 1. The minimum absolute atomic E-state index is 0.0384. The van der Waals surface area contributed by atoms with E-state index in [1.807, 2.05) is 13.8 Å². The summed E-state index contributed by atoms with van der Waals surface area (Å²) in [4.78, 5) is 12.9. The van der Waals surface area contributed by atoms with Crippen molar-refractivity contribution in [3.63, 3.8) is 0 Å². The van der Waals surface area contributed by atoms with Gasteiger partial charge in [-0.1, -0.05) is 0 Å². The lowest BCUT2D eigenvalue weighted by molar-refractivity contribution is 0.0829. The fourth-order valence-electron chi connectivity index (χ4n) is 0.503. The predicted molar refractivity (Wildman–Crippen MR) is 34.1 cm³/mol. The van der Waals surface area contributed by atoms with E-state index in [2.05, 4.69) is 4.99 Å². The number of nitrogens with zero attached hydrogens (tertiary/aromatic N) is 1. The molecule has 1 atom stereocenters. The number of carbonyl (C=O) groups excluding carboxylic acids is 1. The number of aliphatic imine (C=N–C) groups is 1. The summed E-state index contributed by atoms with van der Waals surface area (Å²) in [6.07, 6.45) is 1.49. The number of hydrogen-bond donors (Lipinski definition) is 0. The van der Waals surface area contributed by atoms with Crippen molar-refractivity contribution >= 4 is 6.08 Å². The van der Waals surface area contributed by atoms with Crippen LogP contribution in [0.5, 0.6) is 0 Å². The first-order chi connectivity index (χ1) is 4.31. The Kier molecular flexibility index (Phi) is 5.07. The van der Waals surface area contributed by atoms with Crippen LogP contribution in [0.4, 0.5) is 0 Å². The Balaban J connectivity index is 3.25. The summed E-state index contributed by atoms with van der Waals surface area (Å²) in [7, 11) is 0. The van der Waals surface area contributed by atoms with Crippen molar-refractivity contribution in [3.05, 3.63) is 0 Å². The van der Waals surface area contributed by atoms with Crippen molar-refractivity contribution in [1.29, 1.82) is 0 Å². The molecule has 0 amide bonds. The molecule has 52 valence electrons. The summed E-state index contributed by atoms with van der Waals surface area (Å²) in [6.45, 7) is 4.85. The van der Waals surface area contributed by atoms with Crippen molar-refractivity contribution in [1.82, 2.24) is 0 Å². The molecule has 0 aliphatic carbocycles. The fraction of sp³-hybridized carbons (Fsp3) is 0.833. The maximum Gasteiger partial charge on any atom is 0.235 e. The topological polar surface area (TPSA) is 38.7 Å². The molecule has 3 nitrogen and oxygen atoms in total. The average molecular weight is 129 g/mol. The Hall–Kier alpha value is -0.660. The molecule has 0 heterocycles. The van der Waals surface area contributed by atoms with Gasteiger partial charge in [0.25, 0.3) is 0 Å². The maximum absolute atomic E-state index is 9.57. The molecule has 0 saturated heterocycles. The molecule has 0 bridgehead atoms. The standard InChI is InChI=1S/C6H11NO2/c1-3-9-6(2)4-7-5-8/h6H,3-4H2,1-2H3. The van der Waals surface area contributed by atoms with Crippen LogP contribution in [0.25, 0.3) is 0 Å². The van der Waals surface area contributed by atoms with E-state index in [-0.39, 0.29) is 6.10 Å². The molecule has 0 aromatic heterocycles. The van der Waals surface area contributed by atoms with Crippen molar-refractivity contribution in [2.75, 3.05) is 13.2 Å². The summed E-state index contributed by atoms with van der Waals surface area (Å²) in [5.74, 6) is 0. The van der Waals surface area contributed by atoms with Gasteiger partial charge in [0.2, 0.25) is 6.08 Å². The van der Waals surface area contributed by atoms with Gasteiger partial charge in [-0.05, 0) is 13.8 Å². The SMILES string of the molecule is CCOC(C)CN=C=O. The van der Waals surface area contributed by atoms with Crippen LogP contribution in [-0.4, -0.2) is 25.3 Å². The minimum atomic E-state index is 0.0384. The van der Waals surface area contributed by atoms with Crippen LogP contribution in [0.2, 0.25) is 0 Å². The Morgan fingerprint density at radius 2 is 2.44 bits per heavy atom. The van der Waals surface area contributed by atoms with E-state index in [0.29, 0.717) is 13.2 Å². The molecule has 0 aliphatic rings. The molecule has 0 aliphatic heterocycles. The Morgan fingerprint density at radius 3 is 2.89 bits per heavy atom. The summed E-state index contributed by atoms with van der Waals surface area (Å²) < 4.78 is 5.07. The quantitative estimate of drug-likeness (QED) is 0.415. The third-order valence-electron chi connectivity index (χ3n) is 0.864. The molecular weight excluding hydrogens is 118 g/mol. The molecule has 0 radical (unpaired) electrons. The molecule has 1 unspecified atom stereocenters. The van der Waals surface area contributed by atoms with E-state index in [1.165, 1.54) is 6.08 Å². The van der Waals surface area contributed by atoms with E-state index in [1.54, 1.807) is 0 Å². The van der Waals surface area contributed by atoms with Gasteiger partial charge in [0.15, 0.2) is 0 Å². The molecule has 0 N–H and O–H groups in total. The summed E-state index contributed by atoms with van der Waals surface area (Å²) in [5, 5.41) is 0. The van der Waals surface area contributed by atoms with E-state index in [0.717, 1.165) is 0 Å². The third-order valence-corrected chi connectivity index (χ3v) is 0.864. The van der Waals surface area contributed by atoms with Gasteiger partial charge in [-0.2, -0.15) is 0 Å². The van der Waals surface area contributed by atoms with Gasteiger partial charge in [0.1, 0.15) is 0 Å². The van der Waals surface area contributed by atoms with Crippen LogP contribution in [0.1, 0.15) is 13.8 Å². The second-order valence-corrected chi connectivity index (χ2v) is 1.70. The minimum Gasteiger partial charge on any atom is -0.377 e. The van der Waals surface area contributed by atoms with E-state index in [4.69, 9.17) is 4.74 Å². The molecule has 0 spiro atoms. The summed E-state index contributed by atoms with van der Waals surface area (Å²) in [5.41, 5.74) is 0. The molecule has 0 aromatic carbocycles. The first-order valence-electron chi connectivity index (χ1n) is 2.96. The van der Waals surface area contributed by atoms with Crippen molar-refractivity contribution < 1.29 is 9.53 Å². The normalized spacial score (nSPS) is 12.2. The predicted octanol–water partition coefficient (Wildman–Crippen LogP) is 0.747. The largest absolute Gasteiger partial charge is 0.377 e. The lowest BCUT2D eigenvalue weighted by atomic mass is 10.4. The molecular formula is C6H11NO2. The van der Waals surface area contributed by atoms with Gasteiger partial charge >= 0.3 is 0 Å². The van der Waals surface area contributed by atoms with Crippen LogP contribution < -0.4 is 0 Å². The molecule has 0 fully saturated rings. The average Bonchev–Trinajstić information content (AvgIpc) is 1.85. The van der Waals surface area contributed by atoms with Crippen LogP contribution in [0.3, 0.4) is 0 Å². The first kappa shape index (κ1) is 8.34. The van der Waals surface area contributed by atoms with Gasteiger partial charge in [0, 0.05) is 6.61 Å². The maximum atomic E-state index is 9.57. The monoisotopic (exact) mass is 129 g/mol. The summed E-state index contributed by atoms with van der Waals surface area (Å²) in [6, 6.07) is 0. The van der Waals surface area contributed by atoms with E-state index < -0.39 is 0 Å². The zero-order valence-corrected chi connectivity index (χ0v) is 5.76. The highest BCUT2D eigenvalue weighted by Gasteiger charge is 1.96. The second kappa shape index (κ2) is 5.48. The van der Waals surface area contributed by atoms with Gasteiger partial charge in [0.05, 0.1) is 12.6 Å². The van der Waals surface area contributed by atoms with Crippen molar-refractivity contribution in [2.24, 2.45) is 4.99 Å². The van der Waals surface area contributed by atoms with Crippen LogP contribution in [-0.2, 0) is 9.53 Å². The van der Waals surface area contributed by atoms with Crippen LogP contribution in [0, 0.1) is 0 Å². The Bertz CT molecular complexity index is 108. The lowest BCUT2D eigenvalue weighted by Crippen LogP contribution is -2.10. The molecule has 9 heavy (non-hydrogen) atoms. The van der Waals surface area contributed by atoms with Crippen molar-refractivity contribution in [3.8, 4) is 0 Å². The third kappa shape index (κ3) is 5.21. The highest BCUT2D eigenvalue weighted by atomic mass is 16.5. The second-order valence-electron chi connectivity index (χ2n) is 1.70. The summed E-state index contributed by atoms with van der Waals surface area (Å²) >= 11 is 0. The van der Waals surface area contributed by atoms with Gasteiger partial charge in [-0.25, -0.2) is 9.79 Å². The number of rotatable bonds is 4. The van der Waals surface area contributed by atoms with Gasteiger partial charge < -0.3 is 4.74 Å². The first-order valence-corrected chi connectivity index (χ1v) is 2.96. The highest BCUT2D eigenvalue weighted by Crippen LogP contribution is 1.88. The fourth-order valence-corrected chi connectivity index (χ4v) is 0.503. The number of hydrogen-bond acceptors (Lipinski definition) is 3. The smallest absolute Gasteiger partial charge is 0.235 e.